The first-order chi connectivity index (χ1) is 9.13. The summed E-state index contributed by atoms with van der Waals surface area (Å²) >= 11 is 0. The first-order valence-electron chi connectivity index (χ1n) is 7.86. The molecule has 1 atom stereocenters. The molecule has 0 bridgehead atoms. The van der Waals surface area contributed by atoms with Gasteiger partial charge in [0.05, 0.1) is 12.0 Å². The molecule has 4 nitrogen and oxygen atoms in total. The monoisotopic (exact) mass is 268 g/mol. The Morgan fingerprint density at radius 3 is 2.74 bits per heavy atom. The van der Waals surface area contributed by atoms with Crippen molar-refractivity contribution in [3.63, 3.8) is 0 Å². The summed E-state index contributed by atoms with van der Waals surface area (Å²) in [5.41, 5.74) is -0.721. The predicted octanol–water partition coefficient (Wildman–Crippen LogP) is 1.67. The molecule has 1 amide bonds. The molecule has 0 radical (unpaired) electrons. The molecule has 1 aliphatic heterocycles. The first kappa shape index (κ1) is 14.8. The molecule has 0 aromatic carbocycles. The highest BCUT2D eigenvalue weighted by Crippen LogP contribution is 2.32. The fourth-order valence-electron chi connectivity index (χ4n) is 3.51. The highest BCUT2D eigenvalue weighted by molar-refractivity contribution is 5.77. The topological polar surface area (TPSA) is 52.6 Å². The SMILES string of the molecule is CCN1CCCCC1CNC(=O)CC1(O)CCCC1. The van der Waals surface area contributed by atoms with E-state index in [9.17, 15) is 9.90 Å². The zero-order valence-electron chi connectivity index (χ0n) is 12.2. The summed E-state index contributed by atoms with van der Waals surface area (Å²) in [6, 6.07) is 0.487. The van der Waals surface area contributed by atoms with Gasteiger partial charge in [-0.1, -0.05) is 26.2 Å². The van der Waals surface area contributed by atoms with E-state index in [4.69, 9.17) is 0 Å². The van der Waals surface area contributed by atoms with Crippen LogP contribution in [-0.4, -0.2) is 47.2 Å². The lowest BCUT2D eigenvalue weighted by molar-refractivity contribution is -0.126. The Kier molecular flexibility index (Phi) is 5.22. The second-order valence-electron chi connectivity index (χ2n) is 6.19. The lowest BCUT2D eigenvalue weighted by atomic mass is 9.97. The van der Waals surface area contributed by atoms with E-state index in [-0.39, 0.29) is 12.3 Å². The number of aliphatic hydroxyl groups is 1. The highest BCUT2D eigenvalue weighted by Gasteiger charge is 2.33. The van der Waals surface area contributed by atoms with Crippen LogP contribution < -0.4 is 5.32 Å². The number of nitrogens with zero attached hydrogens (tertiary/aromatic N) is 1. The standard InChI is InChI=1S/C15H28N2O2/c1-2-17-10-6-3-7-13(17)12-16-14(18)11-15(19)8-4-5-9-15/h13,19H,2-12H2,1H3,(H,16,18). The van der Waals surface area contributed by atoms with Crippen molar-refractivity contribution in [2.45, 2.75) is 69.9 Å². The van der Waals surface area contributed by atoms with E-state index < -0.39 is 5.60 Å². The fraction of sp³-hybridized carbons (Fsp3) is 0.933. The Labute approximate surface area is 116 Å². The van der Waals surface area contributed by atoms with E-state index in [0.717, 1.165) is 45.3 Å². The molecule has 2 aliphatic rings. The van der Waals surface area contributed by atoms with Crippen molar-refractivity contribution in [2.75, 3.05) is 19.6 Å². The van der Waals surface area contributed by atoms with E-state index in [1.54, 1.807) is 0 Å². The minimum Gasteiger partial charge on any atom is -0.389 e. The van der Waals surface area contributed by atoms with Crippen LogP contribution >= 0.6 is 0 Å². The van der Waals surface area contributed by atoms with Crippen LogP contribution in [0.25, 0.3) is 0 Å². The minimum absolute atomic E-state index is 0.0195. The van der Waals surface area contributed by atoms with Crippen LogP contribution in [0.15, 0.2) is 0 Å². The Morgan fingerprint density at radius 2 is 2.05 bits per heavy atom. The summed E-state index contributed by atoms with van der Waals surface area (Å²) in [7, 11) is 0. The summed E-state index contributed by atoms with van der Waals surface area (Å²) in [6.07, 6.45) is 7.67. The number of hydrogen-bond donors (Lipinski definition) is 2. The van der Waals surface area contributed by atoms with E-state index in [2.05, 4.69) is 17.1 Å². The third-order valence-corrected chi connectivity index (χ3v) is 4.71. The van der Waals surface area contributed by atoms with Crippen molar-refractivity contribution < 1.29 is 9.90 Å². The van der Waals surface area contributed by atoms with Crippen LogP contribution in [0.2, 0.25) is 0 Å². The summed E-state index contributed by atoms with van der Waals surface area (Å²) in [4.78, 5) is 14.4. The molecule has 0 spiro atoms. The smallest absolute Gasteiger partial charge is 0.222 e. The van der Waals surface area contributed by atoms with Gasteiger partial charge in [0.25, 0.3) is 0 Å². The van der Waals surface area contributed by atoms with Crippen molar-refractivity contribution in [1.29, 1.82) is 0 Å². The highest BCUT2D eigenvalue weighted by atomic mass is 16.3. The van der Waals surface area contributed by atoms with Gasteiger partial charge in [-0.3, -0.25) is 9.69 Å². The second-order valence-corrected chi connectivity index (χ2v) is 6.19. The molecule has 4 heteroatoms. The van der Waals surface area contributed by atoms with E-state index in [1.807, 2.05) is 0 Å². The first-order valence-corrected chi connectivity index (χ1v) is 7.86. The maximum absolute atomic E-state index is 12.0. The molecule has 0 aromatic heterocycles. The Hall–Kier alpha value is -0.610. The summed E-state index contributed by atoms with van der Waals surface area (Å²) in [5, 5.41) is 13.3. The van der Waals surface area contributed by atoms with Gasteiger partial charge < -0.3 is 10.4 Å². The number of likely N-dealkylation sites (N-methyl/N-ethyl adjacent to an activating group) is 1. The summed E-state index contributed by atoms with van der Waals surface area (Å²) < 4.78 is 0. The molecule has 2 N–H and O–H groups in total. The maximum atomic E-state index is 12.0. The molecule has 0 aromatic rings. The zero-order chi connectivity index (χ0) is 13.7. The third-order valence-electron chi connectivity index (χ3n) is 4.71. The van der Waals surface area contributed by atoms with Crippen LogP contribution in [0.3, 0.4) is 0 Å². The number of likely N-dealkylation sites (tertiary alicyclic amines) is 1. The average Bonchev–Trinajstić information content (AvgIpc) is 2.83. The van der Waals surface area contributed by atoms with E-state index in [0.29, 0.717) is 6.04 Å². The Morgan fingerprint density at radius 1 is 1.32 bits per heavy atom. The number of carbonyl (C=O) groups excluding carboxylic acids is 1. The van der Waals surface area contributed by atoms with Gasteiger partial charge in [-0.2, -0.15) is 0 Å². The Balaban J connectivity index is 1.73. The molecule has 110 valence electrons. The molecular formula is C15H28N2O2. The lowest BCUT2D eigenvalue weighted by Gasteiger charge is -2.35. The number of nitrogens with one attached hydrogen (secondary N) is 1. The van der Waals surface area contributed by atoms with Gasteiger partial charge in [0.1, 0.15) is 0 Å². The van der Waals surface area contributed by atoms with Crippen LogP contribution in [-0.2, 0) is 4.79 Å². The zero-order valence-corrected chi connectivity index (χ0v) is 12.2. The molecule has 1 unspecified atom stereocenters. The number of hydrogen-bond acceptors (Lipinski definition) is 3. The molecular weight excluding hydrogens is 240 g/mol. The Bertz CT molecular complexity index is 301. The molecule has 1 heterocycles. The third kappa shape index (κ3) is 4.18. The molecule has 2 rings (SSSR count). The fourth-order valence-corrected chi connectivity index (χ4v) is 3.51. The van der Waals surface area contributed by atoms with Gasteiger partial charge in [-0.15, -0.1) is 0 Å². The molecule has 2 fully saturated rings. The maximum Gasteiger partial charge on any atom is 0.222 e. The second kappa shape index (κ2) is 6.71. The van der Waals surface area contributed by atoms with Gasteiger partial charge in [-0.05, 0) is 38.8 Å². The van der Waals surface area contributed by atoms with Crippen molar-refractivity contribution in [3.8, 4) is 0 Å². The van der Waals surface area contributed by atoms with Crippen molar-refractivity contribution in [1.82, 2.24) is 10.2 Å². The van der Waals surface area contributed by atoms with Gasteiger partial charge in [0.15, 0.2) is 0 Å². The van der Waals surface area contributed by atoms with Crippen LogP contribution in [0.4, 0.5) is 0 Å². The van der Waals surface area contributed by atoms with Crippen molar-refractivity contribution in [3.05, 3.63) is 0 Å². The summed E-state index contributed by atoms with van der Waals surface area (Å²) in [6.45, 7) is 5.13. The van der Waals surface area contributed by atoms with Gasteiger partial charge in [0.2, 0.25) is 5.91 Å². The van der Waals surface area contributed by atoms with Gasteiger partial charge in [-0.25, -0.2) is 0 Å². The quantitative estimate of drug-likeness (QED) is 0.797. The average molecular weight is 268 g/mol. The number of carbonyl (C=O) groups is 1. The predicted molar refractivity (Wildman–Crippen MR) is 75.9 cm³/mol. The minimum atomic E-state index is -0.721. The molecule has 19 heavy (non-hydrogen) atoms. The van der Waals surface area contributed by atoms with E-state index >= 15 is 0 Å². The van der Waals surface area contributed by atoms with Crippen molar-refractivity contribution >= 4 is 5.91 Å². The van der Waals surface area contributed by atoms with Crippen LogP contribution in [0.5, 0.6) is 0 Å². The number of rotatable bonds is 5. The van der Waals surface area contributed by atoms with Crippen LogP contribution in [0.1, 0.15) is 58.3 Å². The van der Waals surface area contributed by atoms with Crippen molar-refractivity contribution in [2.24, 2.45) is 0 Å². The van der Waals surface area contributed by atoms with Gasteiger partial charge in [0, 0.05) is 12.6 Å². The summed E-state index contributed by atoms with van der Waals surface area (Å²) in [5.74, 6) is 0.0195. The molecule has 1 saturated heterocycles. The lowest BCUT2D eigenvalue weighted by Crippen LogP contribution is -2.47. The number of amides is 1. The van der Waals surface area contributed by atoms with Gasteiger partial charge >= 0.3 is 0 Å². The molecule has 1 aliphatic carbocycles. The van der Waals surface area contributed by atoms with Crippen LogP contribution in [0, 0.1) is 0 Å². The molecule has 1 saturated carbocycles. The number of piperidine rings is 1. The normalized spacial score (nSPS) is 27.4. The largest absolute Gasteiger partial charge is 0.389 e. The van der Waals surface area contributed by atoms with E-state index in [1.165, 1.54) is 19.3 Å².